The Morgan fingerprint density at radius 1 is 1.06 bits per heavy atom. The second-order valence-corrected chi connectivity index (χ2v) is 6.26. The summed E-state index contributed by atoms with van der Waals surface area (Å²) < 4.78 is 0. The molecule has 3 fully saturated rings. The largest absolute Gasteiger partial charge is 0.391 e. The van der Waals surface area contributed by atoms with Gasteiger partial charge in [-0.25, -0.2) is 0 Å². The normalized spacial score (nSPS) is 44.6. The zero-order chi connectivity index (χ0) is 12.9. The molecule has 4 nitrogen and oxygen atoms in total. The Kier molecular flexibility index (Phi) is 2.93. The Morgan fingerprint density at radius 2 is 1.61 bits per heavy atom. The van der Waals surface area contributed by atoms with Gasteiger partial charge in [0.05, 0.1) is 24.0 Å². The summed E-state index contributed by atoms with van der Waals surface area (Å²) in [5.74, 6) is 0.259. The van der Waals surface area contributed by atoms with Crippen LogP contribution in [-0.4, -0.2) is 34.0 Å². The summed E-state index contributed by atoms with van der Waals surface area (Å²) in [6, 6.07) is -0.250. The van der Waals surface area contributed by atoms with Crippen LogP contribution in [0.15, 0.2) is 0 Å². The first-order valence-electron chi connectivity index (χ1n) is 7.14. The molecule has 3 aliphatic rings. The van der Waals surface area contributed by atoms with E-state index in [0.29, 0.717) is 12.3 Å². The van der Waals surface area contributed by atoms with Crippen LogP contribution < -0.4 is 0 Å². The summed E-state index contributed by atoms with van der Waals surface area (Å²) in [5, 5.41) is 10.0. The maximum atomic E-state index is 12.4. The van der Waals surface area contributed by atoms with Crippen molar-refractivity contribution in [3.05, 3.63) is 0 Å². The van der Waals surface area contributed by atoms with Crippen LogP contribution in [0.25, 0.3) is 0 Å². The molecule has 4 heteroatoms. The zero-order valence-electron chi connectivity index (χ0n) is 10.8. The summed E-state index contributed by atoms with van der Waals surface area (Å²) >= 11 is 0. The van der Waals surface area contributed by atoms with E-state index in [1.807, 2.05) is 0 Å². The lowest BCUT2D eigenvalue weighted by molar-refractivity contribution is -0.147. The van der Waals surface area contributed by atoms with Crippen molar-refractivity contribution in [1.82, 2.24) is 4.90 Å². The minimum atomic E-state index is -0.511. The molecule has 0 bridgehead atoms. The highest BCUT2D eigenvalue weighted by molar-refractivity contribution is 6.05. The Morgan fingerprint density at radius 3 is 2.17 bits per heavy atom. The van der Waals surface area contributed by atoms with Gasteiger partial charge in [0.1, 0.15) is 0 Å². The van der Waals surface area contributed by atoms with E-state index in [2.05, 4.69) is 6.92 Å². The molecule has 2 amide bonds. The van der Waals surface area contributed by atoms with E-state index in [1.54, 1.807) is 0 Å². The van der Waals surface area contributed by atoms with Crippen molar-refractivity contribution in [2.24, 2.45) is 17.8 Å². The third-order valence-corrected chi connectivity index (χ3v) is 4.93. The molecule has 0 spiro atoms. The first kappa shape index (κ1) is 12.2. The van der Waals surface area contributed by atoms with Crippen LogP contribution in [-0.2, 0) is 9.59 Å². The monoisotopic (exact) mass is 251 g/mol. The standard InChI is InChI=1S/C14H21NO3/c1-8-6-9-10(7-8)14(18)15(13(9)17)11-4-2-3-5-12(11)16/h8-12,16H,2-7H2,1H3. The molecular formula is C14H21NO3. The molecule has 1 saturated heterocycles. The van der Waals surface area contributed by atoms with Crippen molar-refractivity contribution in [2.75, 3.05) is 0 Å². The molecule has 2 aliphatic carbocycles. The van der Waals surface area contributed by atoms with Gasteiger partial charge in [0.25, 0.3) is 0 Å². The van der Waals surface area contributed by atoms with Crippen molar-refractivity contribution in [1.29, 1.82) is 0 Å². The van der Waals surface area contributed by atoms with E-state index in [0.717, 1.165) is 32.1 Å². The SMILES string of the molecule is CC1CC2C(=O)N(C3CCCCC3O)C(=O)C2C1. The van der Waals surface area contributed by atoms with Crippen LogP contribution in [0.3, 0.4) is 0 Å². The Balaban J connectivity index is 1.82. The third kappa shape index (κ3) is 1.69. The predicted octanol–water partition coefficient (Wildman–Crippen LogP) is 1.32. The Labute approximate surface area is 107 Å². The molecule has 0 radical (unpaired) electrons. The molecular weight excluding hydrogens is 230 g/mol. The van der Waals surface area contributed by atoms with Gasteiger partial charge >= 0.3 is 0 Å². The lowest BCUT2D eigenvalue weighted by atomic mass is 9.91. The Hall–Kier alpha value is -0.900. The summed E-state index contributed by atoms with van der Waals surface area (Å²) in [6.07, 6.45) is 4.66. The fourth-order valence-electron chi connectivity index (χ4n) is 4.02. The first-order chi connectivity index (χ1) is 8.59. The summed E-state index contributed by atoms with van der Waals surface area (Å²) in [6.45, 7) is 2.11. The number of likely N-dealkylation sites (tertiary alicyclic amines) is 1. The van der Waals surface area contributed by atoms with Gasteiger partial charge in [0.2, 0.25) is 11.8 Å². The van der Waals surface area contributed by atoms with Gasteiger partial charge in [-0.15, -0.1) is 0 Å². The van der Waals surface area contributed by atoms with Crippen molar-refractivity contribution in [3.63, 3.8) is 0 Å². The molecule has 1 N–H and O–H groups in total. The highest BCUT2D eigenvalue weighted by Crippen LogP contribution is 2.44. The fourth-order valence-corrected chi connectivity index (χ4v) is 4.02. The molecule has 100 valence electrons. The van der Waals surface area contributed by atoms with Crippen LogP contribution in [0.2, 0.25) is 0 Å². The molecule has 1 aliphatic heterocycles. The van der Waals surface area contributed by atoms with Crippen molar-refractivity contribution in [2.45, 2.75) is 57.6 Å². The number of aliphatic hydroxyl groups is 1. The topological polar surface area (TPSA) is 57.6 Å². The number of rotatable bonds is 1. The maximum Gasteiger partial charge on any atom is 0.233 e. The average Bonchev–Trinajstić information content (AvgIpc) is 2.82. The number of amides is 2. The van der Waals surface area contributed by atoms with E-state index in [1.165, 1.54) is 4.90 Å². The zero-order valence-corrected chi connectivity index (χ0v) is 10.8. The van der Waals surface area contributed by atoms with Gasteiger partial charge in [-0.3, -0.25) is 14.5 Å². The molecule has 2 saturated carbocycles. The lowest BCUT2D eigenvalue weighted by Crippen LogP contribution is -2.49. The molecule has 18 heavy (non-hydrogen) atoms. The summed E-state index contributed by atoms with van der Waals surface area (Å²) in [5.41, 5.74) is 0. The minimum absolute atomic E-state index is 0.0136. The van der Waals surface area contributed by atoms with Gasteiger partial charge in [0, 0.05) is 0 Å². The predicted molar refractivity (Wildman–Crippen MR) is 65.5 cm³/mol. The van der Waals surface area contributed by atoms with E-state index < -0.39 is 6.10 Å². The van der Waals surface area contributed by atoms with Gasteiger partial charge in [-0.2, -0.15) is 0 Å². The van der Waals surface area contributed by atoms with E-state index >= 15 is 0 Å². The van der Waals surface area contributed by atoms with Gasteiger partial charge in [-0.1, -0.05) is 19.8 Å². The molecule has 0 aromatic carbocycles. The van der Waals surface area contributed by atoms with Gasteiger partial charge in [-0.05, 0) is 31.6 Å². The third-order valence-electron chi connectivity index (χ3n) is 4.93. The summed E-state index contributed by atoms with van der Waals surface area (Å²) in [4.78, 5) is 26.2. The molecule has 0 aromatic rings. The van der Waals surface area contributed by atoms with Crippen LogP contribution in [0, 0.1) is 17.8 Å². The van der Waals surface area contributed by atoms with E-state index in [4.69, 9.17) is 0 Å². The second kappa shape index (κ2) is 4.34. The highest BCUT2D eigenvalue weighted by atomic mass is 16.3. The van der Waals surface area contributed by atoms with Crippen LogP contribution in [0.1, 0.15) is 45.4 Å². The molecule has 1 heterocycles. The van der Waals surface area contributed by atoms with Crippen LogP contribution >= 0.6 is 0 Å². The van der Waals surface area contributed by atoms with Gasteiger partial charge in [0.15, 0.2) is 0 Å². The van der Waals surface area contributed by atoms with Gasteiger partial charge < -0.3 is 5.11 Å². The number of carbonyl (C=O) groups is 2. The van der Waals surface area contributed by atoms with Crippen LogP contribution in [0.5, 0.6) is 0 Å². The lowest BCUT2D eigenvalue weighted by Gasteiger charge is -2.34. The molecule has 3 rings (SSSR count). The number of imide groups is 1. The van der Waals surface area contributed by atoms with Crippen molar-refractivity contribution < 1.29 is 14.7 Å². The highest BCUT2D eigenvalue weighted by Gasteiger charge is 2.54. The first-order valence-corrected chi connectivity index (χ1v) is 7.14. The molecule has 0 aromatic heterocycles. The molecule has 4 atom stereocenters. The number of nitrogens with zero attached hydrogens (tertiary/aromatic N) is 1. The Bertz CT molecular complexity index is 357. The second-order valence-electron chi connectivity index (χ2n) is 6.26. The van der Waals surface area contributed by atoms with Crippen molar-refractivity contribution in [3.8, 4) is 0 Å². The number of hydrogen-bond donors (Lipinski definition) is 1. The fraction of sp³-hybridized carbons (Fsp3) is 0.857. The quantitative estimate of drug-likeness (QED) is 0.715. The average molecular weight is 251 g/mol. The number of hydrogen-bond acceptors (Lipinski definition) is 3. The van der Waals surface area contributed by atoms with E-state index in [-0.39, 0.29) is 29.7 Å². The number of carbonyl (C=O) groups excluding carboxylic acids is 2. The van der Waals surface area contributed by atoms with Crippen molar-refractivity contribution >= 4 is 11.8 Å². The number of fused-ring (bicyclic) bond motifs is 1. The maximum absolute atomic E-state index is 12.4. The molecule has 4 unspecified atom stereocenters. The van der Waals surface area contributed by atoms with Crippen LogP contribution in [0.4, 0.5) is 0 Å². The minimum Gasteiger partial charge on any atom is -0.391 e. The smallest absolute Gasteiger partial charge is 0.233 e. The number of aliphatic hydroxyl groups excluding tert-OH is 1. The van der Waals surface area contributed by atoms with E-state index in [9.17, 15) is 14.7 Å². The summed E-state index contributed by atoms with van der Waals surface area (Å²) in [7, 11) is 0.